The van der Waals surface area contributed by atoms with Gasteiger partial charge in [0, 0.05) is 10.9 Å². The first-order valence-corrected chi connectivity index (χ1v) is 9.87. The van der Waals surface area contributed by atoms with E-state index in [-0.39, 0.29) is 11.6 Å². The molecule has 0 atom stereocenters. The fourth-order valence-corrected chi connectivity index (χ4v) is 4.39. The average molecular weight is 384 g/mol. The Kier molecular flexibility index (Phi) is 4.43. The number of aromatic nitrogens is 1. The Labute approximate surface area is 160 Å². The Hall–Kier alpha value is -2.74. The maximum Gasteiger partial charge on any atom is 0.344 e. The van der Waals surface area contributed by atoms with Gasteiger partial charge in [0.1, 0.15) is 16.2 Å². The van der Waals surface area contributed by atoms with Gasteiger partial charge in [-0.3, -0.25) is 15.0 Å². The molecule has 0 bridgehead atoms. The molecule has 2 N–H and O–H groups in total. The molecule has 2 aliphatic rings. The summed E-state index contributed by atoms with van der Waals surface area (Å²) in [5.41, 5.74) is 3.79. The molecule has 1 aromatic heterocycles. The summed E-state index contributed by atoms with van der Waals surface area (Å²) in [6.07, 6.45) is 4.05. The van der Waals surface area contributed by atoms with Crippen molar-refractivity contribution in [2.24, 2.45) is 0 Å². The summed E-state index contributed by atoms with van der Waals surface area (Å²) in [4.78, 5) is 41.8. The summed E-state index contributed by atoms with van der Waals surface area (Å²) < 4.78 is 0. The molecule has 1 saturated heterocycles. The van der Waals surface area contributed by atoms with Gasteiger partial charge in [-0.05, 0) is 19.8 Å². The fourth-order valence-electron chi connectivity index (χ4n) is 3.58. The second-order valence-corrected chi connectivity index (χ2v) is 7.92. The van der Waals surface area contributed by atoms with Crippen LogP contribution in [-0.2, 0) is 4.79 Å². The van der Waals surface area contributed by atoms with E-state index in [4.69, 9.17) is 0 Å². The first-order valence-electron chi connectivity index (χ1n) is 8.99. The smallest absolute Gasteiger partial charge is 0.322 e. The van der Waals surface area contributed by atoms with Crippen molar-refractivity contribution in [2.75, 3.05) is 0 Å². The Balaban J connectivity index is 1.49. The standard InChI is InChI=1S/C19H20N4O3S/c1-12-5-7-13(8-6-12)16-20-14(11-27-16)15(24)22-23-17(25)19(21-18(23)26)9-3-2-4-10-19/h5-8,11H,2-4,9-10H2,1H3,(H,21,26)(H,22,24). The van der Waals surface area contributed by atoms with E-state index in [0.29, 0.717) is 17.8 Å². The SMILES string of the molecule is Cc1ccc(-c2nc(C(=O)NN3C(=O)NC4(CCCCC4)C3=O)cs2)cc1. The summed E-state index contributed by atoms with van der Waals surface area (Å²) in [7, 11) is 0. The van der Waals surface area contributed by atoms with Crippen LogP contribution in [0.5, 0.6) is 0 Å². The summed E-state index contributed by atoms with van der Waals surface area (Å²) in [6.45, 7) is 2.00. The maximum atomic E-state index is 12.7. The van der Waals surface area contributed by atoms with E-state index in [9.17, 15) is 14.4 Å². The minimum absolute atomic E-state index is 0.181. The molecule has 1 saturated carbocycles. The van der Waals surface area contributed by atoms with Crippen molar-refractivity contribution in [1.82, 2.24) is 20.7 Å². The van der Waals surface area contributed by atoms with Crippen LogP contribution in [0.25, 0.3) is 10.6 Å². The number of nitrogens with one attached hydrogen (secondary N) is 2. The number of carbonyl (C=O) groups is 3. The predicted octanol–water partition coefficient (Wildman–Crippen LogP) is 3.02. The van der Waals surface area contributed by atoms with Crippen molar-refractivity contribution in [2.45, 2.75) is 44.6 Å². The number of thiazole rings is 1. The third-order valence-corrected chi connectivity index (χ3v) is 6.01. The number of hydrogen-bond donors (Lipinski definition) is 2. The van der Waals surface area contributed by atoms with Crippen molar-refractivity contribution < 1.29 is 14.4 Å². The zero-order chi connectivity index (χ0) is 19.0. The number of aryl methyl sites for hydroxylation is 1. The highest BCUT2D eigenvalue weighted by Crippen LogP contribution is 2.33. The zero-order valence-corrected chi connectivity index (χ0v) is 15.8. The number of carbonyl (C=O) groups excluding carboxylic acids is 3. The van der Waals surface area contributed by atoms with Crippen LogP contribution in [0.2, 0.25) is 0 Å². The van der Waals surface area contributed by atoms with Crippen LogP contribution < -0.4 is 10.7 Å². The minimum Gasteiger partial charge on any atom is -0.322 e. The lowest BCUT2D eigenvalue weighted by molar-refractivity contribution is -0.134. The molecule has 0 unspecified atom stereocenters. The Bertz CT molecular complexity index is 900. The molecular formula is C19H20N4O3S. The number of benzene rings is 1. The van der Waals surface area contributed by atoms with E-state index in [2.05, 4.69) is 15.7 Å². The third kappa shape index (κ3) is 3.21. The van der Waals surface area contributed by atoms with Gasteiger partial charge in [-0.25, -0.2) is 9.78 Å². The number of urea groups is 1. The third-order valence-electron chi connectivity index (χ3n) is 5.12. The Morgan fingerprint density at radius 1 is 1.19 bits per heavy atom. The molecule has 4 rings (SSSR count). The monoisotopic (exact) mass is 384 g/mol. The number of amides is 4. The second kappa shape index (κ2) is 6.77. The first-order chi connectivity index (χ1) is 13.0. The molecule has 2 fully saturated rings. The molecule has 1 aliphatic carbocycles. The molecule has 2 aromatic rings. The van der Waals surface area contributed by atoms with E-state index in [1.165, 1.54) is 11.3 Å². The van der Waals surface area contributed by atoms with Crippen molar-refractivity contribution in [3.8, 4) is 10.6 Å². The van der Waals surface area contributed by atoms with Crippen LogP contribution >= 0.6 is 11.3 Å². The largest absolute Gasteiger partial charge is 0.344 e. The first kappa shape index (κ1) is 17.7. The molecule has 1 aromatic carbocycles. The average Bonchev–Trinajstić information content (AvgIpc) is 3.23. The Morgan fingerprint density at radius 3 is 2.59 bits per heavy atom. The van der Waals surface area contributed by atoms with Gasteiger partial charge in [0.25, 0.3) is 11.8 Å². The van der Waals surface area contributed by atoms with Gasteiger partial charge in [0.2, 0.25) is 0 Å². The quantitative estimate of drug-likeness (QED) is 0.796. The normalized spacial score (nSPS) is 18.6. The molecule has 1 spiro atoms. The molecular weight excluding hydrogens is 364 g/mol. The molecule has 2 heterocycles. The van der Waals surface area contributed by atoms with Crippen LogP contribution in [0, 0.1) is 6.92 Å². The van der Waals surface area contributed by atoms with Crippen LogP contribution in [0.3, 0.4) is 0 Å². The van der Waals surface area contributed by atoms with Gasteiger partial charge in [0.05, 0.1) is 0 Å². The predicted molar refractivity (Wildman–Crippen MR) is 101 cm³/mol. The van der Waals surface area contributed by atoms with E-state index in [0.717, 1.165) is 35.4 Å². The number of hydrogen-bond acceptors (Lipinski definition) is 5. The van der Waals surface area contributed by atoms with Crippen molar-refractivity contribution >= 4 is 29.2 Å². The van der Waals surface area contributed by atoms with Crippen LogP contribution in [-0.4, -0.2) is 33.4 Å². The van der Waals surface area contributed by atoms with E-state index in [1.807, 2.05) is 31.2 Å². The summed E-state index contributed by atoms with van der Waals surface area (Å²) >= 11 is 1.34. The highest BCUT2D eigenvalue weighted by molar-refractivity contribution is 7.13. The highest BCUT2D eigenvalue weighted by atomic mass is 32.1. The number of hydrazine groups is 1. The molecule has 27 heavy (non-hydrogen) atoms. The van der Waals surface area contributed by atoms with Gasteiger partial charge in [-0.2, -0.15) is 5.01 Å². The summed E-state index contributed by atoms with van der Waals surface area (Å²) in [5, 5.41) is 5.90. The molecule has 140 valence electrons. The molecule has 1 aliphatic heterocycles. The van der Waals surface area contributed by atoms with Crippen LogP contribution in [0.4, 0.5) is 4.79 Å². The van der Waals surface area contributed by atoms with Crippen LogP contribution in [0.1, 0.15) is 48.2 Å². The lowest BCUT2D eigenvalue weighted by Gasteiger charge is -2.30. The van der Waals surface area contributed by atoms with Gasteiger partial charge >= 0.3 is 6.03 Å². The summed E-state index contributed by atoms with van der Waals surface area (Å²) in [5.74, 6) is -0.949. The summed E-state index contributed by atoms with van der Waals surface area (Å²) in [6, 6.07) is 7.27. The number of imide groups is 1. The van der Waals surface area contributed by atoms with Crippen molar-refractivity contribution in [3.63, 3.8) is 0 Å². The van der Waals surface area contributed by atoms with Gasteiger partial charge < -0.3 is 5.32 Å². The number of nitrogens with zero attached hydrogens (tertiary/aromatic N) is 2. The van der Waals surface area contributed by atoms with Gasteiger partial charge in [0.15, 0.2) is 0 Å². The topological polar surface area (TPSA) is 91.4 Å². The van der Waals surface area contributed by atoms with E-state index in [1.54, 1.807) is 5.38 Å². The molecule has 7 nitrogen and oxygen atoms in total. The highest BCUT2D eigenvalue weighted by Gasteiger charge is 2.52. The maximum absolute atomic E-state index is 12.7. The number of rotatable bonds is 3. The fraction of sp³-hybridized carbons (Fsp3) is 0.368. The Morgan fingerprint density at radius 2 is 1.89 bits per heavy atom. The van der Waals surface area contributed by atoms with Crippen molar-refractivity contribution in [1.29, 1.82) is 0 Å². The van der Waals surface area contributed by atoms with Crippen LogP contribution in [0.15, 0.2) is 29.6 Å². The lowest BCUT2D eigenvalue weighted by Crippen LogP contribution is -2.51. The molecule has 8 heteroatoms. The van der Waals surface area contributed by atoms with Gasteiger partial charge in [-0.1, -0.05) is 49.1 Å². The van der Waals surface area contributed by atoms with Gasteiger partial charge in [-0.15, -0.1) is 11.3 Å². The minimum atomic E-state index is -0.863. The zero-order valence-electron chi connectivity index (χ0n) is 14.9. The molecule has 4 amide bonds. The van der Waals surface area contributed by atoms with Crippen molar-refractivity contribution in [3.05, 3.63) is 40.9 Å². The molecule has 0 radical (unpaired) electrons. The van der Waals surface area contributed by atoms with E-state index < -0.39 is 17.5 Å². The second-order valence-electron chi connectivity index (χ2n) is 7.06. The van der Waals surface area contributed by atoms with E-state index >= 15 is 0 Å². The lowest BCUT2D eigenvalue weighted by atomic mass is 9.82.